The molecule has 6 heteroatoms. The van der Waals surface area contributed by atoms with Crippen molar-refractivity contribution in [2.45, 2.75) is 6.92 Å². The Morgan fingerprint density at radius 1 is 1.27 bits per heavy atom. The highest BCUT2D eigenvalue weighted by molar-refractivity contribution is 9.10. The number of carbonyl (C=O) groups is 1. The van der Waals surface area contributed by atoms with Crippen molar-refractivity contribution in [1.29, 1.82) is 0 Å². The summed E-state index contributed by atoms with van der Waals surface area (Å²) >= 11 is 3.45. The number of benzene rings is 1. The number of rotatable bonds is 6. The average Bonchev–Trinajstić information content (AvgIpc) is 2.51. The molecule has 1 aromatic carbocycles. The quantitative estimate of drug-likeness (QED) is 0.771. The fourth-order valence-corrected chi connectivity index (χ4v) is 2.21. The van der Waals surface area contributed by atoms with Crippen molar-refractivity contribution < 1.29 is 9.53 Å². The minimum absolute atomic E-state index is 0.244. The Bertz CT molecular complexity index is 662. The third kappa shape index (κ3) is 4.54. The van der Waals surface area contributed by atoms with Crippen LogP contribution in [0, 0.1) is 6.92 Å². The van der Waals surface area contributed by atoms with E-state index in [0.29, 0.717) is 18.8 Å². The van der Waals surface area contributed by atoms with Crippen LogP contribution in [0.3, 0.4) is 0 Å². The number of ether oxygens (including phenoxy) is 1. The number of pyridine rings is 1. The first-order valence-corrected chi connectivity index (χ1v) is 7.66. The maximum Gasteiger partial charge on any atom is 0.274 e. The highest BCUT2D eigenvalue weighted by Crippen LogP contribution is 2.21. The van der Waals surface area contributed by atoms with Crippen molar-refractivity contribution in [3.05, 3.63) is 52.3 Å². The first-order valence-electron chi connectivity index (χ1n) is 6.86. The number of methoxy groups -OCH3 is 1. The van der Waals surface area contributed by atoms with E-state index in [1.807, 2.05) is 31.2 Å². The van der Waals surface area contributed by atoms with Crippen LogP contribution >= 0.6 is 15.9 Å². The monoisotopic (exact) mass is 363 g/mol. The molecule has 0 aliphatic rings. The predicted molar refractivity (Wildman–Crippen MR) is 91.4 cm³/mol. The van der Waals surface area contributed by atoms with Crippen LogP contribution in [0.4, 0.5) is 11.4 Å². The Kier molecular flexibility index (Phi) is 5.91. The van der Waals surface area contributed by atoms with Crippen LogP contribution in [0.25, 0.3) is 0 Å². The molecule has 1 heterocycles. The van der Waals surface area contributed by atoms with Crippen LogP contribution in [0.1, 0.15) is 16.1 Å². The van der Waals surface area contributed by atoms with E-state index in [-0.39, 0.29) is 5.91 Å². The molecule has 0 bridgehead atoms. The molecule has 22 heavy (non-hydrogen) atoms. The van der Waals surface area contributed by atoms with E-state index in [1.165, 1.54) is 0 Å². The molecule has 0 aliphatic heterocycles. The Hall–Kier alpha value is -1.92. The molecule has 0 aliphatic carbocycles. The van der Waals surface area contributed by atoms with Crippen LogP contribution in [0.2, 0.25) is 0 Å². The van der Waals surface area contributed by atoms with Crippen LogP contribution in [0.5, 0.6) is 0 Å². The molecule has 1 aromatic heterocycles. The standard InChI is InChI=1S/C16H18BrN3O2/c1-11-3-4-13(9-14(11)17)20-16(21)15-10-12(5-6-19-15)18-7-8-22-2/h3-6,9-10H,7-8H2,1-2H3,(H,18,19)(H,20,21). The van der Waals surface area contributed by atoms with Gasteiger partial charge < -0.3 is 15.4 Å². The number of hydrogen-bond acceptors (Lipinski definition) is 4. The van der Waals surface area contributed by atoms with Gasteiger partial charge in [-0.25, -0.2) is 0 Å². The van der Waals surface area contributed by atoms with Crippen molar-refractivity contribution in [3.63, 3.8) is 0 Å². The molecule has 0 spiro atoms. The average molecular weight is 364 g/mol. The molecule has 0 atom stereocenters. The number of hydrogen-bond donors (Lipinski definition) is 2. The van der Waals surface area contributed by atoms with E-state index < -0.39 is 0 Å². The first kappa shape index (κ1) is 16.5. The maximum atomic E-state index is 12.3. The second kappa shape index (κ2) is 7.91. The molecule has 0 unspecified atom stereocenters. The van der Waals surface area contributed by atoms with Crippen molar-refractivity contribution >= 4 is 33.2 Å². The Balaban J connectivity index is 2.05. The molecule has 2 rings (SSSR count). The molecular formula is C16H18BrN3O2. The Morgan fingerprint density at radius 3 is 2.82 bits per heavy atom. The van der Waals surface area contributed by atoms with Gasteiger partial charge in [-0.1, -0.05) is 22.0 Å². The molecule has 0 saturated carbocycles. The van der Waals surface area contributed by atoms with Gasteiger partial charge >= 0.3 is 0 Å². The lowest BCUT2D eigenvalue weighted by molar-refractivity contribution is 0.102. The van der Waals surface area contributed by atoms with Gasteiger partial charge in [0.1, 0.15) is 5.69 Å². The van der Waals surface area contributed by atoms with Crippen LogP contribution in [-0.4, -0.2) is 31.2 Å². The van der Waals surface area contributed by atoms with Gasteiger partial charge in [-0.15, -0.1) is 0 Å². The number of anilines is 2. The molecule has 0 saturated heterocycles. The Labute approximate surface area is 138 Å². The fraction of sp³-hybridized carbons (Fsp3) is 0.250. The molecule has 0 fully saturated rings. The van der Waals surface area contributed by atoms with Crippen molar-refractivity contribution in [1.82, 2.24) is 4.98 Å². The summed E-state index contributed by atoms with van der Waals surface area (Å²) in [5.41, 5.74) is 3.03. The summed E-state index contributed by atoms with van der Waals surface area (Å²) in [5.74, 6) is -0.244. The smallest absolute Gasteiger partial charge is 0.274 e. The second-order valence-corrected chi connectivity index (χ2v) is 5.62. The van der Waals surface area contributed by atoms with E-state index >= 15 is 0 Å². The zero-order chi connectivity index (χ0) is 15.9. The van der Waals surface area contributed by atoms with Crippen LogP contribution in [-0.2, 0) is 4.74 Å². The van der Waals surface area contributed by atoms with Gasteiger partial charge in [-0.3, -0.25) is 9.78 Å². The van der Waals surface area contributed by atoms with E-state index in [9.17, 15) is 4.79 Å². The van der Waals surface area contributed by atoms with E-state index in [0.717, 1.165) is 21.4 Å². The van der Waals surface area contributed by atoms with E-state index in [4.69, 9.17) is 4.74 Å². The third-order valence-electron chi connectivity index (χ3n) is 3.06. The highest BCUT2D eigenvalue weighted by Gasteiger charge is 2.09. The molecule has 2 aromatic rings. The van der Waals surface area contributed by atoms with Gasteiger partial charge in [0.05, 0.1) is 6.61 Å². The predicted octanol–water partition coefficient (Wildman–Crippen LogP) is 3.46. The van der Waals surface area contributed by atoms with Gasteiger partial charge in [0.15, 0.2) is 0 Å². The van der Waals surface area contributed by atoms with Gasteiger partial charge in [-0.2, -0.15) is 0 Å². The van der Waals surface area contributed by atoms with E-state index in [2.05, 4.69) is 31.5 Å². The van der Waals surface area contributed by atoms with Gasteiger partial charge in [0.25, 0.3) is 5.91 Å². The number of amides is 1. The number of aromatic nitrogens is 1. The molecule has 2 N–H and O–H groups in total. The van der Waals surface area contributed by atoms with Crippen LogP contribution in [0.15, 0.2) is 41.0 Å². The van der Waals surface area contributed by atoms with E-state index in [1.54, 1.807) is 19.4 Å². The molecule has 5 nitrogen and oxygen atoms in total. The lowest BCUT2D eigenvalue weighted by atomic mass is 10.2. The molecule has 1 amide bonds. The molecule has 0 radical (unpaired) electrons. The largest absolute Gasteiger partial charge is 0.383 e. The maximum absolute atomic E-state index is 12.3. The summed E-state index contributed by atoms with van der Waals surface area (Å²) in [5, 5.41) is 6.01. The SMILES string of the molecule is COCCNc1ccnc(C(=O)Nc2ccc(C)c(Br)c2)c1. The summed E-state index contributed by atoms with van der Waals surface area (Å²) in [6.07, 6.45) is 1.61. The van der Waals surface area contributed by atoms with Gasteiger partial charge in [0, 0.05) is 35.7 Å². The summed E-state index contributed by atoms with van der Waals surface area (Å²) in [4.78, 5) is 16.4. The third-order valence-corrected chi connectivity index (χ3v) is 3.91. The zero-order valence-corrected chi connectivity index (χ0v) is 14.1. The lowest BCUT2D eigenvalue weighted by Crippen LogP contribution is -2.14. The summed E-state index contributed by atoms with van der Waals surface area (Å²) in [6, 6.07) is 9.20. The highest BCUT2D eigenvalue weighted by atomic mass is 79.9. The summed E-state index contributed by atoms with van der Waals surface area (Å²) < 4.78 is 5.93. The number of nitrogens with one attached hydrogen (secondary N) is 2. The van der Waals surface area contributed by atoms with Gasteiger partial charge in [-0.05, 0) is 36.8 Å². The van der Waals surface area contributed by atoms with Crippen molar-refractivity contribution in [2.75, 3.05) is 30.9 Å². The minimum atomic E-state index is -0.244. The Morgan fingerprint density at radius 2 is 2.09 bits per heavy atom. The second-order valence-electron chi connectivity index (χ2n) is 4.77. The number of nitrogens with zero attached hydrogens (tertiary/aromatic N) is 1. The molecular weight excluding hydrogens is 346 g/mol. The number of aryl methyl sites for hydroxylation is 1. The lowest BCUT2D eigenvalue weighted by Gasteiger charge is -2.09. The van der Waals surface area contributed by atoms with Gasteiger partial charge in [0.2, 0.25) is 0 Å². The topological polar surface area (TPSA) is 63.2 Å². The number of halogens is 1. The van der Waals surface area contributed by atoms with Crippen LogP contribution < -0.4 is 10.6 Å². The number of carbonyl (C=O) groups excluding carboxylic acids is 1. The first-order chi connectivity index (χ1) is 10.6. The summed E-state index contributed by atoms with van der Waals surface area (Å²) in [6.45, 7) is 3.26. The summed E-state index contributed by atoms with van der Waals surface area (Å²) in [7, 11) is 1.65. The van der Waals surface area contributed by atoms with Crippen molar-refractivity contribution in [2.24, 2.45) is 0 Å². The zero-order valence-electron chi connectivity index (χ0n) is 12.5. The fourth-order valence-electron chi connectivity index (χ4n) is 1.83. The normalized spacial score (nSPS) is 10.3. The van der Waals surface area contributed by atoms with Crippen molar-refractivity contribution in [3.8, 4) is 0 Å². The minimum Gasteiger partial charge on any atom is -0.383 e. The molecule has 116 valence electrons.